The van der Waals surface area contributed by atoms with Crippen molar-refractivity contribution in [1.29, 1.82) is 0 Å². The highest BCUT2D eigenvalue weighted by molar-refractivity contribution is 6.21. The molecule has 0 atom stereocenters. The Morgan fingerprint density at radius 1 is 1.14 bits per heavy atom. The molecular weight excluding hydrogens is 286 g/mol. The van der Waals surface area contributed by atoms with Crippen LogP contribution in [-0.2, 0) is 14.3 Å². The first-order valence-electron chi connectivity index (χ1n) is 6.78. The normalized spacial score (nSPS) is 13.0. The van der Waals surface area contributed by atoms with Crippen molar-refractivity contribution in [2.24, 2.45) is 0 Å². The maximum Gasteiger partial charge on any atom is 0.313 e. The van der Waals surface area contributed by atoms with Gasteiger partial charge in [0.15, 0.2) is 0 Å². The van der Waals surface area contributed by atoms with E-state index in [9.17, 15) is 19.2 Å². The van der Waals surface area contributed by atoms with Gasteiger partial charge in [-0.2, -0.15) is 0 Å². The number of benzene rings is 1. The molecule has 2 amide bonds. The predicted octanol–water partition coefficient (Wildman–Crippen LogP) is 1.36. The van der Waals surface area contributed by atoms with Gasteiger partial charge in [0, 0.05) is 13.0 Å². The van der Waals surface area contributed by atoms with Crippen molar-refractivity contribution < 1.29 is 23.9 Å². The smallest absolute Gasteiger partial charge is 0.313 e. The van der Waals surface area contributed by atoms with Crippen LogP contribution in [0, 0.1) is 0 Å². The molecule has 0 saturated carbocycles. The fourth-order valence-corrected chi connectivity index (χ4v) is 2.13. The lowest BCUT2D eigenvalue weighted by Crippen LogP contribution is -2.32. The molecule has 22 heavy (non-hydrogen) atoms. The molecule has 1 aliphatic rings. The summed E-state index contributed by atoms with van der Waals surface area (Å²) in [6.07, 6.45) is 0.951. The number of Topliss-reactive ketones (excluding diaryl/α,β-unsaturated/α-hetero) is 1. The van der Waals surface area contributed by atoms with E-state index in [1.54, 1.807) is 24.3 Å². The Hall–Kier alpha value is -2.76. The molecule has 1 aromatic rings. The maximum atomic E-state index is 12.1. The Morgan fingerprint density at radius 3 is 2.27 bits per heavy atom. The van der Waals surface area contributed by atoms with Crippen LogP contribution in [-0.4, -0.2) is 41.6 Å². The van der Waals surface area contributed by atoms with E-state index in [1.807, 2.05) is 0 Å². The molecule has 0 aliphatic carbocycles. The van der Waals surface area contributed by atoms with Crippen molar-refractivity contribution in [2.75, 3.05) is 13.2 Å². The molecule has 0 aromatic heterocycles. The molecule has 0 N–H and O–H groups in total. The highest BCUT2D eigenvalue weighted by atomic mass is 16.5. The summed E-state index contributed by atoms with van der Waals surface area (Å²) in [5.41, 5.74) is 0.677. The van der Waals surface area contributed by atoms with Gasteiger partial charge in [-0.3, -0.25) is 24.1 Å². The Bertz CT molecular complexity index is 615. The summed E-state index contributed by atoms with van der Waals surface area (Å²) < 4.78 is 4.70. The molecular formula is C16H15NO5. The number of ketones is 1. The van der Waals surface area contributed by atoms with Crippen LogP contribution in [0.3, 0.4) is 0 Å². The maximum absolute atomic E-state index is 12.1. The summed E-state index contributed by atoms with van der Waals surface area (Å²) in [6.45, 7) is 3.40. The first-order valence-corrected chi connectivity index (χ1v) is 6.78. The second-order valence-corrected chi connectivity index (χ2v) is 4.74. The van der Waals surface area contributed by atoms with Crippen molar-refractivity contribution in [3.05, 3.63) is 48.0 Å². The molecule has 0 radical (unpaired) electrons. The van der Waals surface area contributed by atoms with Crippen LogP contribution in [0.25, 0.3) is 0 Å². The van der Waals surface area contributed by atoms with E-state index >= 15 is 0 Å². The molecule has 6 nitrogen and oxygen atoms in total. The zero-order valence-electron chi connectivity index (χ0n) is 11.9. The predicted molar refractivity (Wildman–Crippen MR) is 77.2 cm³/mol. The quantitative estimate of drug-likeness (QED) is 0.329. The Morgan fingerprint density at radius 2 is 1.73 bits per heavy atom. The number of hydrogen-bond acceptors (Lipinski definition) is 5. The van der Waals surface area contributed by atoms with Crippen LogP contribution in [0.5, 0.6) is 0 Å². The number of nitrogens with zero attached hydrogens (tertiary/aromatic N) is 1. The average molecular weight is 301 g/mol. The number of ether oxygens (including phenoxy) is 1. The van der Waals surface area contributed by atoms with E-state index in [1.165, 1.54) is 6.08 Å². The van der Waals surface area contributed by atoms with Gasteiger partial charge < -0.3 is 4.74 Å². The molecule has 114 valence electrons. The van der Waals surface area contributed by atoms with Crippen LogP contribution in [0.1, 0.15) is 33.6 Å². The first kappa shape index (κ1) is 15.6. The van der Waals surface area contributed by atoms with Crippen molar-refractivity contribution in [1.82, 2.24) is 4.90 Å². The van der Waals surface area contributed by atoms with Crippen molar-refractivity contribution in [2.45, 2.75) is 12.8 Å². The zero-order valence-corrected chi connectivity index (χ0v) is 11.9. The fraction of sp³-hybridized carbons (Fsp3) is 0.250. The minimum absolute atomic E-state index is 0.0417. The summed E-state index contributed by atoms with van der Waals surface area (Å²) in [5, 5.41) is 0. The van der Waals surface area contributed by atoms with Gasteiger partial charge in [-0.05, 0) is 12.1 Å². The standard InChI is InChI=1S/C16H15NO5/c1-2-9-22-14(19)10-11(18)7-8-17-15(20)12-5-3-4-6-13(12)16(17)21/h2-6H,1,7-10H2. The molecule has 1 aliphatic heterocycles. The second kappa shape index (κ2) is 6.80. The lowest BCUT2D eigenvalue weighted by Gasteiger charge is -2.12. The Balaban J connectivity index is 1.89. The van der Waals surface area contributed by atoms with Gasteiger partial charge in [0.1, 0.15) is 18.8 Å². The van der Waals surface area contributed by atoms with Crippen LogP contribution in [0.2, 0.25) is 0 Å². The minimum atomic E-state index is -0.646. The lowest BCUT2D eigenvalue weighted by molar-refractivity contribution is -0.144. The van der Waals surface area contributed by atoms with Gasteiger partial charge in [-0.1, -0.05) is 24.8 Å². The van der Waals surface area contributed by atoms with E-state index in [0.717, 1.165) is 4.90 Å². The molecule has 0 saturated heterocycles. The van der Waals surface area contributed by atoms with E-state index in [2.05, 4.69) is 6.58 Å². The van der Waals surface area contributed by atoms with Crippen LogP contribution in [0.4, 0.5) is 0 Å². The van der Waals surface area contributed by atoms with Gasteiger partial charge >= 0.3 is 5.97 Å². The summed E-state index contributed by atoms with van der Waals surface area (Å²) in [5.74, 6) is -1.86. The number of carbonyl (C=O) groups is 4. The summed E-state index contributed by atoms with van der Waals surface area (Å²) in [4.78, 5) is 48.1. The van der Waals surface area contributed by atoms with Gasteiger partial charge in [0.2, 0.25) is 0 Å². The van der Waals surface area contributed by atoms with Crippen molar-refractivity contribution in [3.8, 4) is 0 Å². The highest BCUT2D eigenvalue weighted by Gasteiger charge is 2.34. The third-order valence-corrected chi connectivity index (χ3v) is 3.20. The van der Waals surface area contributed by atoms with E-state index in [-0.39, 0.29) is 31.8 Å². The van der Waals surface area contributed by atoms with E-state index in [4.69, 9.17) is 4.74 Å². The third-order valence-electron chi connectivity index (χ3n) is 3.20. The largest absolute Gasteiger partial charge is 0.461 e. The molecule has 1 heterocycles. The SMILES string of the molecule is C=CCOC(=O)CC(=O)CCN1C(=O)c2ccccc2C1=O. The fourth-order valence-electron chi connectivity index (χ4n) is 2.13. The first-order chi connectivity index (χ1) is 10.5. The van der Waals surface area contributed by atoms with E-state index < -0.39 is 17.8 Å². The molecule has 0 spiro atoms. The summed E-state index contributed by atoms with van der Waals surface area (Å²) in [6, 6.07) is 6.50. The molecule has 2 rings (SSSR count). The molecule has 0 fully saturated rings. The van der Waals surface area contributed by atoms with Crippen LogP contribution in [0.15, 0.2) is 36.9 Å². The second-order valence-electron chi connectivity index (χ2n) is 4.74. The van der Waals surface area contributed by atoms with Crippen molar-refractivity contribution >= 4 is 23.6 Å². The zero-order chi connectivity index (χ0) is 16.1. The van der Waals surface area contributed by atoms with Gasteiger partial charge in [0.05, 0.1) is 11.1 Å². The van der Waals surface area contributed by atoms with Crippen LogP contribution < -0.4 is 0 Å². The van der Waals surface area contributed by atoms with Gasteiger partial charge in [-0.15, -0.1) is 0 Å². The van der Waals surface area contributed by atoms with E-state index in [0.29, 0.717) is 11.1 Å². The average Bonchev–Trinajstić information content (AvgIpc) is 2.75. The lowest BCUT2D eigenvalue weighted by atomic mass is 10.1. The number of hydrogen-bond donors (Lipinski definition) is 0. The summed E-state index contributed by atoms with van der Waals surface area (Å²) in [7, 11) is 0. The van der Waals surface area contributed by atoms with Gasteiger partial charge in [0.25, 0.3) is 11.8 Å². The molecule has 6 heteroatoms. The van der Waals surface area contributed by atoms with Gasteiger partial charge in [-0.25, -0.2) is 0 Å². The number of carbonyl (C=O) groups excluding carboxylic acids is 4. The number of fused-ring (bicyclic) bond motifs is 1. The molecule has 0 unspecified atom stereocenters. The third kappa shape index (κ3) is 3.28. The number of imide groups is 1. The monoisotopic (exact) mass is 301 g/mol. The summed E-state index contributed by atoms with van der Waals surface area (Å²) >= 11 is 0. The number of esters is 1. The van der Waals surface area contributed by atoms with Crippen LogP contribution >= 0.6 is 0 Å². The topological polar surface area (TPSA) is 80.8 Å². The Kier molecular flexibility index (Phi) is 4.83. The number of amides is 2. The molecule has 0 bridgehead atoms. The number of rotatable bonds is 7. The molecule has 1 aromatic carbocycles. The highest BCUT2D eigenvalue weighted by Crippen LogP contribution is 2.22. The minimum Gasteiger partial charge on any atom is -0.461 e. The van der Waals surface area contributed by atoms with Crippen molar-refractivity contribution in [3.63, 3.8) is 0 Å². The Labute approximate surface area is 127 Å².